The van der Waals surface area contributed by atoms with Crippen LogP contribution in [0.1, 0.15) is 25.5 Å². The third-order valence-electron chi connectivity index (χ3n) is 3.32. The van der Waals surface area contributed by atoms with Crippen LogP contribution in [0, 0.1) is 5.82 Å². The number of nitrogens with zero attached hydrogens (tertiary/aromatic N) is 5. The van der Waals surface area contributed by atoms with Crippen LogP contribution in [0.5, 0.6) is 0 Å². The Morgan fingerprint density at radius 3 is 2.90 bits per heavy atom. The average Bonchev–Trinajstić information content (AvgIpc) is 2.91. The zero-order valence-electron chi connectivity index (χ0n) is 11.8. The van der Waals surface area contributed by atoms with Gasteiger partial charge in [-0.05, 0) is 25.5 Å². The number of halogens is 1. The van der Waals surface area contributed by atoms with Gasteiger partial charge >= 0.3 is 0 Å². The van der Waals surface area contributed by atoms with Gasteiger partial charge in [-0.2, -0.15) is 0 Å². The Morgan fingerprint density at radius 1 is 1.29 bits per heavy atom. The summed E-state index contributed by atoms with van der Waals surface area (Å²) in [6.45, 7) is 4.73. The zero-order valence-corrected chi connectivity index (χ0v) is 11.8. The minimum Gasteiger partial charge on any atom is -0.362 e. The van der Waals surface area contributed by atoms with E-state index in [0.29, 0.717) is 11.3 Å². The molecule has 3 aromatic rings. The molecule has 0 bridgehead atoms. The van der Waals surface area contributed by atoms with Gasteiger partial charge in [-0.3, -0.25) is 4.98 Å². The minimum atomic E-state index is -0.357. The van der Waals surface area contributed by atoms with Gasteiger partial charge in [0.25, 0.3) is 0 Å². The fraction of sp³-hybridized carbons (Fsp3) is 0.286. The molecule has 0 radical (unpaired) electrons. The van der Waals surface area contributed by atoms with Crippen LogP contribution >= 0.6 is 0 Å². The molecular weight excluding hydrogens is 271 g/mol. The van der Waals surface area contributed by atoms with Gasteiger partial charge in [0.2, 0.25) is 0 Å². The van der Waals surface area contributed by atoms with Crippen molar-refractivity contribution in [1.82, 2.24) is 24.5 Å². The van der Waals surface area contributed by atoms with E-state index < -0.39 is 0 Å². The van der Waals surface area contributed by atoms with Crippen LogP contribution in [0.25, 0.3) is 11.2 Å². The molecule has 0 spiro atoms. The lowest BCUT2D eigenvalue weighted by molar-refractivity contribution is 0.616. The maximum absolute atomic E-state index is 13.2. The van der Waals surface area contributed by atoms with E-state index in [1.54, 1.807) is 12.5 Å². The third-order valence-corrected chi connectivity index (χ3v) is 3.32. The first-order valence-corrected chi connectivity index (χ1v) is 6.72. The predicted octanol–water partition coefficient (Wildman–Crippen LogP) is 2.55. The summed E-state index contributed by atoms with van der Waals surface area (Å²) in [5, 5.41) is 3.23. The molecule has 6 nitrogen and oxygen atoms in total. The van der Waals surface area contributed by atoms with Gasteiger partial charge in [0.05, 0.1) is 18.6 Å². The molecule has 1 N–H and O–H groups in total. The number of fused-ring (bicyclic) bond motifs is 1. The van der Waals surface area contributed by atoms with Crippen molar-refractivity contribution in [2.45, 2.75) is 26.4 Å². The minimum absolute atomic E-state index is 0.141. The number of anilines is 1. The second kappa shape index (κ2) is 5.43. The highest BCUT2D eigenvalue weighted by Crippen LogP contribution is 2.22. The largest absolute Gasteiger partial charge is 0.362 e. The molecule has 3 rings (SSSR count). The van der Waals surface area contributed by atoms with Crippen LogP contribution in [0.3, 0.4) is 0 Å². The van der Waals surface area contributed by atoms with Crippen LogP contribution < -0.4 is 5.32 Å². The van der Waals surface area contributed by atoms with Gasteiger partial charge in [0.15, 0.2) is 11.5 Å². The number of rotatable bonds is 4. The first-order valence-electron chi connectivity index (χ1n) is 6.72. The molecule has 3 heterocycles. The number of hydrogen-bond donors (Lipinski definition) is 1. The van der Waals surface area contributed by atoms with Crippen molar-refractivity contribution < 1.29 is 4.39 Å². The van der Waals surface area contributed by atoms with Gasteiger partial charge in [0.1, 0.15) is 17.7 Å². The molecule has 3 aromatic heterocycles. The monoisotopic (exact) mass is 286 g/mol. The Bertz CT molecular complexity index is 769. The summed E-state index contributed by atoms with van der Waals surface area (Å²) in [6.07, 6.45) is 6.04. The normalized spacial score (nSPS) is 12.5. The van der Waals surface area contributed by atoms with Gasteiger partial charge in [-0.1, -0.05) is 0 Å². The summed E-state index contributed by atoms with van der Waals surface area (Å²) in [7, 11) is 0. The molecule has 0 aromatic carbocycles. The molecule has 0 saturated carbocycles. The lowest BCUT2D eigenvalue weighted by atomic mass is 10.1. The standard InChI is InChI=1S/C14H15FN6/c1-3-21-8-19-12-13(17-7-18-14(12)21)20-9(2)10-4-11(15)6-16-5-10/h4-9H,3H2,1-2H3,(H,17,18,20)/t9-/m1/s1. The van der Waals surface area contributed by atoms with E-state index >= 15 is 0 Å². The summed E-state index contributed by atoms with van der Waals surface area (Å²) < 4.78 is 15.2. The summed E-state index contributed by atoms with van der Waals surface area (Å²) in [5.74, 6) is 0.271. The van der Waals surface area contributed by atoms with E-state index in [-0.39, 0.29) is 11.9 Å². The Morgan fingerprint density at radius 2 is 2.14 bits per heavy atom. The van der Waals surface area contributed by atoms with E-state index in [4.69, 9.17) is 0 Å². The summed E-state index contributed by atoms with van der Waals surface area (Å²) >= 11 is 0. The maximum atomic E-state index is 13.2. The summed E-state index contributed by atoms with van der Waals surface area (Å²) in [6, 6.07) is 1.31. The topological polar surface area (TPSA) is 68.5 Å². The molecule has 0 aliphatic carbocycles. The van der Waals surface area contributed by atoms with Crippen molar-refractivity contribution in [3.63, 3.8) is 0 Å². The van der Waals surface area contributed by atoms with Crippen molar-refractivity contribution >= 4 is 17.0 Å². The number of pyridine rings is 1. The van der Waals surface area contributed by atoms with E-state index in [9.17, 15) is 4.39 Å². The first kappa shape index (κ1) is 13.4. The van der Waals surface area contributed by atoms with E-state index in [0.717, 1.165) is 17.8 Å². The maximum Gasteiger partial charge on any atom is 0.165 e. The average molecular weight is 286 g/mol. The summed E-state index contributed by atoms with van der Waals surface area (Å²) in [5.41, 5.74) is 2.23. The fourth-order valence-corrected chi connectivity index (χ4v) is 2.17. The lowest BCUT2D eigenvalue weighted by Gasteiger charge is -2.14. The number of aromatic nitrogens is 5. The van der Waals surface area contributed by atoms with Crippen molar-refractivity contribution in [2.75, 3.05) is 5.32 Å². The molecule has 0 aliphatic rings. The highest BCUT2D eigenvalue weighted by Gasteiger charge is 2.13. The second-order valence-corrected chi connectivity index (χ2v) is 4.73. The molecule has 0 saturated heterocycles. The molecule has 0 amide bonds. The van der Waals surface area contributed by atoms with Crippen molar-refractivity contribution in [3.8, 4) is 0 Å². The van der Waals surface area contributed by atoms with Crippen molar-refractivity contribution in [3.05, 3.63) is 42.5 Å². The molecule has 1 atom stereocenters. The molecule has 0 unspecified atom stereocenters. The Hall–Kier alpha value is -2.57. The predicted molar refractivity (Wildman–Crippen MR) is 77.2 cm³/mol. The number of hydrogen-bond acceptors (Lipinski definition) is 5. The Kier molecular flexibility index (Phi) is 3.47. The van der Waals surface area contributed by atoms with Crippen LogP contribution in [-0.4, -0.2) is 24.5 Å². The lowest BCUT2D eigenvalue weighted by Crippen LogP contribution is -2.09. The molecule has 21 heavy (non-hydrogen) atoms. The highest BCUT2D eigenvalue weighted by molar-refractivity contribution is 5.82. The smallest absolute Gasteiger partial charge is 0.165 e. The fourth-order valence-electron chi connectivity index (χ4n) is 2.17. The Balaban J connectivity index is 1.93. The van der Waals surface area contributed by atoms with Gasteiger partial charge in [-0.15, -0.1) is 0 Å². The third kappa shape index (κ3) is 2.54. The Labute approximate surface area is 121 Å². The van der Waals surface area contributed by atoms with Gasteiger partial charge in [0, 0.05) is 12.7 Å². The summed E-state index contributed by atoms with van der Waals surface area (Å²) in [4.78, 5) is 16.7. The van der Waals surface area contributed by atoms with Crippen molar-refractivity contribution in [2.24, 2.45) is 0 Å². The van der Waals surface area contributed by atoms with E-state index in [1.807, 2.05) is 18.4 Å². The molecule has 108 valence electrons. The highest BCUT2D eigenvalue weighted by atomic mass is 19.1. The van der Waals surface area contributed by atoms with Crippen LogP contribution in [-0.2, 0) is 6.54 Å². The second-order valence-electron chi connectivity index (χ2n) is 4.73. The van der Waals surface area contributed by atoms with E-state index in [1.165, 1.54) is 18.6 Å². The molecule has 7 heteroatoms. The van der Waals surface area contributed by atoms with Crippen LogP contribution in [0.2, 0.25) is 0 Å². The number of imidazole rings is 1. The number of nitrogens with one attached hydrogen (secondary N) is 1. The molecule has 0 fully saturated rings. The SMILES string of the molecule is CCn1cnc2c(N[C@H](C)c3cncc(F)c3)ncnc21. The van der Waals surface area contributed by atoms with E-state index in [2.05, 4.69) is 25.3 Å². The number of aryl methyl sites for hydroxylation is 1. The van der Waals surface area contributed by atoms with Crippen molar-refractivity contribution in [1.29, 1.82) is 0 Å². The molecular formula is C14H15FN6. The first-order chi connectivity index (χ1) is 10.2. The van der Waals surface area contributed by atoms with Crippen LogP contribution in [0.4, 0.5) is 10.2 Å². The van der Waals surface area contributed by atoms with Gasteiger partial charge in [-0.25, -0.2) is 19.3 Å². The molecule has 0 aliphatic heterocycles. The zero-order chi connectivity index (χ0) is 14.8. The quantitative estimate of drug-likeness (QED) is 0.798. The van der Waals surface area contributed by atoms with Crippen LogP contribution in [0.15, 0.2) is 31.1 Å². The van der Waals surface area contributed by atoms with Gasteiger partial charge < -0.3 is 9.88 Å².